The predicted molar refractivity (Wildman–Crippen MR) is 74.0 cm³/mol. The van der Waals surface area contributed by atoms with Crippen LogP contribution >= 0.6 is 0 Å². The third-order valence-electron chi connectivity index (χ3n) is 3.24. The number of carbonyl (C=O) groups is 2. The number of urea groups is 1. The van der Waals surface area contributed by atoms with Gasteiger partial charge in [0.25, 0.3) is 5.91 Å². The first kappa shape index (κ1) is 13.4. The second-order valence-electron chi connectivity index (χ2n) is 4.64. The van der Waals surface area contributed by atoms with Gasteiger partial charge in [-0.15, -0.1) is 0 Å². The fourth-order valence-electron chi connectivity index (χ4n) is 2.06. The molecule has 2 rings (SSSR count). The highest BCUT2D eigenvalue weighted by Crippen LogP contribution is 2.12. The van der Waals surface area contributed by atoms with E-state index in [9.17, 15) is 9.59 Å². The first-order valence-electron chi connectivity index (χ1n) is 6.56. The van der Waals surface area contributed by atoms with Crippen LogP contribution < -0.4 is 10.6 Å². The van der Waals surface area contributed by atoms with E-state index in [-0.39, 0.29) is 11.9 Å². The molecule has 102 valence electrons. The van der Waals surface area contributed by atoms with Gasteiger partial charge in [-0.2, -0.15) is 0 Å². The molecular weight excluding hydrogens is 242 g/mol. The topological polar surface area (TPSA) is 61.4 Å². The lowest BCUT2D eigenvalue weighted by Gasteiger charge is -2.19. The van der Waals surface area contributed by atoms with Crippen molar-refractivity contribution in [1.29, 1.82) is 0 Å². The second-order valence-corrected chi connectivity index (χ2v) is 4.64. The van der Waals surface area contributed by atoms with E-state index < -0.39 is 6.04 Å². The first-order chi connectivity index (χ1) is 9.11. The number of anilines is 1. The molecule has 3 amide bonds. The van der Waals surface area contributed by atoms with Gasteiger partial charge in [0.1, 0.15) is 6.04 Å². The summed E-state index contributed by atoms with van der Waals surface area (Å²) in [4.78, 5) is 24.8. The number of carbonyl (C=O) groups excluding carboxylic acids is 2. The molecule has 5 heteroatoms. The second kappa shape index (κ2) is 5.73. The maximum absolute atomic E-state index is 12.1. The van der Waals surface area contributed by atoms with Crippen molar-refractivity contribution in [1.82, 2.24) is 10.2 Å². The van der Waals surface area contributed by atoms with Crippen LogP contribution in [0.1, 0.15) is 19.4 Å². The Bertz CT molecular complexity index is 470. The number of aryl methyl sites for hydroxylation is 1. The average molecular weight is 261 g/mol. The molecular formula is C14H19N3O2. The maximum Gasteiger partial charge on any atom is 0.324 e. The molecule has 1 saturated heterocycles. The van der Waals surface area contributed by atoms with Crippen molar-refractivity contribution >= 4 is 17.6 Å². The largest absolute Gasteiger partial charge is 0.374 e. The van der Waals surface area contributed by atoms with Crippen LogP contribution in [0.2, 0.25) is 0 Å². The summed E-state index contributed by atoms with van der Waals surface area (Å²) >= 11 is 0. The van der Waals surface area contributed by atoms with Crippen LogP contribution in [0.15, 0.2) is 24.3 Å². The van der Waals surface area contributed by atoms with Gasteiger partial charge in [-0.3, -0.25) is 9.69 Å². The van der Waals surface area contributed by atoms with Crippen molar-refractivity contribution in [2.24, 2.45) is 0 Å². The Labute approximate surface area is 113 Å². The van der Waals surface area contributed by atoms with E-state index in [1.54, 1.807) is 6.92 Å². The molecule has 0 spiro atoms. The van der Waals surface area contributed by atoms with E-state index in [1.165, 1.54) is 10.5 Å². The first-order valence-corrected chi connectivity index (χ1v) is 6.56. The van der Waals surface area contributed by atoms with Gasteiger partial charge in [-0.1, -0.05) is 19.1 Å². The summed E-state index contributed by atoms with van der Waals surface area (Å²) in [5, 5.41) is 5.74. The lowest BCUT2D eigenvalue weighted by Crippen LogP contribution is -2.43. The Morgan fingerprint density at radius 3 is 2.63 bits per heavy atom. The van der Waals surface area contributed by atoms with Crippen LogP contribution in [-0.4, -0.2) is 36.0 Å². The van der Waals surface area contributed by atoms with E-state index >= 15 is 0 Å². The summed E-state index contributed by atoms with van der Waals surface area (Å²) in [6.45, 7) is 4.84. The van der Waals surface area contributed by atoms with Crippen molar-refractivity contribution in [2.75, 3.05) is 18.4 Å². The zero-order valence-electron chi connectivity index (χ0n) is 11.3. The van der Waals surface area contributed by atoms with Gasteiger partial charge in [-0.05, 0) is 31.0 Å². The van der Waals surface area contributed by atoms with Gasteiger partial charge >= 0.3 is 6.03 Å². The molecule has 1 atom stereocenters. The van der Waals surface area contributed by atoms with E-state index in [0.717, 1.165) is 12.1 Å². The third-order valence-corrected chi connectivity index (χ3v) is 3.24. The number of amides is 3. The summed E-state index contributed by atoms with van der Waals surface area (Å²) in [7, 11) is 0. The fraction of sp³-hybridized carbons (Fsp3) is 0.429. The molecule has 1 aliphatic rings. The Balaban J connectivity index is 1.97. The molecule has 1 fully saturated rings. The average Bonchev–Trinajstić information content (AvgIpc) is 2.85. The zero-order valence-corrected chi connectivity index (χ0v) is 11.3. The summed E-state index contributed by atoms with van der Waals surface area (Å²) in [5.41, 5.74) is 2.14. The Morgan fingerprint density at radius 2 is 2.11 bits per heavy atom. The molecule has 5 nitrogen and oxygen atoms in total. The van der Waals surface area contributed by atoms with E-state index in [2.05, 4.69) is 17.6 Å². The minimum Gasteiger partial charge on any atom is -0.374 e. The van der Waals surface area contributed by atoms with Crippen LogP contribution in [-0.2, 0) is 11.2 Å². The molecule has 1 unspecified atom stereocenters. The summed E-state index contributed by atoms with van der Waals surface area (Å²) in [5.74, 6) is -0.199. The number of rotatable bonds is 4. The maximum atomic E-state index is 12.1. The zero-order chi connectivity index (χ0) is 13.8. The van der Waals surface area contributed by atoms with E-state index in [4.69, 9.17) is 0 Å². The molecule has 1 heterocycles. The van der Waals surface area contributed by atoms with Gasteiger partial charge in [0.2, 0.25) is 0 Å². The van der Waals surface area contributed by atoms with Crippen LogP contribution in [0.3, 0.4) is 0 Å². The van der Waals surface area contributed by atoms with Crippen molar-refractivity contribution < 1.29 is 9.59 Å². The molecule has 1 aromatic rings. The number of hydrogen-bond donors (Lipinski definition) is 2. The molecule has 0 radical (unpaired) electrons. The number of hydrogen-bond acceptors (Lipinski definition) is 3. The lowest BCUT2D eigenvalue weighted by molar-refractivity contribution is -0.128. The number of nitrogens with one attached hydrogen (secondary N) is 2. The highest BCUT2D eigenvalue weighted by atomic mass is 16.2. The molecule has 1 aromatic carbocycles. The predicted octanol–water partition coefficient (Wildman–Crippen LogP) is 1.60. The van der Waals surface area contributed by atoms with Crippen molar-refractivity contribution in [3.63, 3.8) is 0 Å². The van der Waals surface area contributed by atoms with Gasteiger partial charge in [0.15, 0.2) is 0 Å². The fourth-order valence-corrected chi connectivity index (χ4v) is 2.06. The highest BCUT2D eigenvalue weighted by Gasteiger charge is 2.29. The van der Waals surface area contributed by atoms with Crippen LogP contribution in [0.5, 0.6) is 0 Å². The minimum atomic E-state index is -0.420. The number of benzene rings is 1. The van der Waals surface area contributed by atoms with Crippen molar-refractivity contribution in [3.05, 3.63) is 29.8 Å². The Hall–Kier alpha value is -2.04. The van der Waals surface area contributed by atoms with E-state index in [1.807, 2.05) is 24.3 Å². The molecule has 19 heavy (non-hydrogen) atoms. The van der Waals surface area contributed by atoms with Crippen LogP contribution in [0.4, 0.5) is 10.5 Å². The summed E-state index contributed by atoms with van der Waals surface area (Å²) < 4.78 is 0. The van der Waals surface area contributed by atoms with E-state index in [0.29, 0.717) is 13.1 Å². The monoisotopic (exact) mass is 261 g/mol. The van der Waals surface area contributed by atoms with Gasteiger partial charge in [-0.25, -0.2) is 4.79 Å². The molecule has 0 bridgehead atoms. The van der Waals surface area contributed by atoms with Gasteiger partial charge < -0.3 is 10.6 Å². The normalized spacial score (nSPS) is 16.1. The van der Waals surface area contributed by atoms with Crippen molar-refractivity contribution in [2.45, 2.75) is 26.3 Å². The molecule has 2 N–H and O–H groups in total. The van der Waals surface area contributed by atoms with Crippen LogP contribution in [0, 0.1) is 0 Å². The summed E-state index contributed by atoms with van der Waals surface area (Å²) in [6.07, 6.45) is 0.989. The smallest absolute Gasteiger partial charge is 0.324 e. The Morgan fingerprint density at radius 1 is 1.42 bits per heavy atom. The van der Waals surface area contributed by atoms with Crippen molar-refractivity contribution in [3.8, 4) is 0 Å². The Kier molecular flexibility index (Phi) is 4.04. The highest BCUT2D eigenvalue weighted by molar-refractivity contribution is 5.99. The molecule has 0 saturated carbocycles. The number of nitrogens with zero attached hydrogens (tertiary/aromatic N) is 1. The number of imide groups is 1. The standard InChI is InChI=1S/C14H19N3O2/c1-3-11-4-6-12(7-5-11)16-10(2)13(18)17-9-8-15-14(17)19/h4-7,10,16H,3,8-9H2,1-2H3,(H,15,19). The van der Waals surface area contributed by atoms with Gasteiger partial charge in [0, 0.05) is 18.8 Å². The third kappa shape index (κ3) is 3.05. The minimum absolute atomic E-state index is 0.199. The van der Waals surface area contributed by atoms with Gasteiger partial charge in [0.05, 0.1) is 0 Å². The molecule has 1 aliphatic heterocycles. The summed E-state index contributed by atoms with van der Waals surface area (Å²) in [6, 6.07) is 7.24. The lowest BCUT2D eigenvalue weighted by atomic mass is 10.1. The SMILES string of the molecule is CCc1ccc(NC(C)C(=O)N2CCNC2=O)cc1. The van der Waals surface area contributed by atoms with Crippen LogP contribution in [0.25, 0.3) is 0 Å². The quantitative estimate of drug-likeness (QED) is 0.865. The molecule has 0 aromatic heterocycles. The molecule has 0 aliphatic carbocycles.